The third-order valence-electron chi connectivity index (χ3n) is 2.67. The molecule has 20 heavy (non-hydrogen) atoms. The van der Waals surface area contributed by atoms with E-state index in [-0.39, 0.29) is 11.7 Å². The minimum absolute atomic E-state index is 0.131. The molecule has 0 spiro atoms. The molecule has 2 heterocycles. The number of carbonyl (C=O) groups excluding carboxylic acids is 1. The molecule has 0 bridgehead atoms. The largest absolute Gasteiger partial charge is 0.329 e. The summed E-state index contributed by atoms with van der Waals surface area (Å²) in [4.78, 5) is 16.1. The van der Waals surface area contributed by atoms with E-state index in [0.717, 1.165) is 5.16 Å². The number of nitrogens with zero attached hydrogens (tertiary/aromatic N) is 4. The first-order valence-corrected chi connectivity index (χ1v) is 6.84. The highest BCUT2D eigenvalue weighted by atomic mass is 32.2. The van der Waals surface area contributed by atoms with Crippen molar-refractivity contribution < 1.29 is 9.42 Å². The summed E-state index contributed by atoms with van der Waals surface area (Å²) in [6.07, 6.45) is 3.53. The van der Waals surface area contributed by atoms with Crippen molar-refractivity contribution in [1.29, 1.82) is 0 Å². The molecule has 1 aromatic carbocycles. The highest BCUT2D eigenvalue weighted by molar-refractivity contribution is 7.99. The van der Waals surface area contributed by atoms with Crippen molar-refractivity contribution in [2.24, 2.45) is 7.05 Å². The highest BCUT2D eigenvalue weighted by Gasteiger charge is 2.10. The second-order valence-electron chi connectivity index (χ2n) is 4.10. The van der Waals surface area contributed by atoms with Crippen LogP contribution < -0.4 is 5.32 Å². The lowest BCUT2D eigenvalue weighted by molar-refractivity contribution is -0.113. The van der Waals surface area contributed by atoms with Gasteiger partial charge in [-0.3, -0.25) is 4.79 Å². The summed E-state index contributed by atoms with van der Waals surface area (Å²) in [6, 6.07) is 5.31. The second-order valence-corrected chi connectivity index (χ2v) is 5.04. The quantitative estimate of drug-likeness (QED) is 0.735. The van der Waals surface area contributed by atoms with Gasteiger partial charge in [-0.05, 0) is 22.4 Å². The fourth-order valence-corrected chi connectivity index (χ4v) is 2.45. The SMILES string of the molecule is Cn1ccnc1SCC(=O)Nc1cccc2nonc12. The van der Waals surface area contributed by atoms with Crippen LogP contribution >= 0.6 is 11.8 Å². The van der Waals surface area contributed by atoms with E-state index in [1.165, 1.54) is 11.8 Å². The van der Waals surface area contributed by atoms with Crippen molar-refractivity contribution in [3.8, 4) is 0 Å². The topological polar surface area (TPSA) is 85.8 Å². The van der Waals surface area contributed by atoms with Crippen molar-refractivity contribution >= 4 is 34.4 Å². The van der Waals surface area contributed by atoms with Crippen LogP contribution in [0, 0.1) is 0 Å². The predicted molar refractivity (Wildman–Crippen MR) is 74.4 cm³/mol. The Hall–Kier alpha value is -2.35. The zero-order chi connectivity index (χ0) is 13.9. The molecule has 0 saturated carbocycles. The Balaban J connectivity index is 1.67. The lowest BCUT2D eigenvalue weighted by atomic mass is 10.2. The number of hydrogen-bond acceptors (Lipinski definition) is 6. The summed E-state index contributed by atoms with van der Waals surface area (Å²) in [7, 11) is 1.88. The Kier molecular flexibility index (Phi) is 3.38. The molecule has 102 valence electrons. The number of imidazole rings is 1. The molecular formula is C12H11N5O2S. The van der Waals surface area contributed by atoms with Gasteiger partial charge in [-0.15, -0.1) is 0 Å². The van der Waals surface area contributed by atoms with Crippen LogP contribution in [0.3, 0.4) is 0 Å². The van der Waals surface area contributed by atoms with Crippen LogP contribution in [0.5, 0.6) is 0 Å². The molecule has 0 fully saturated rings. The van der Waals surface area contributed by atoms with Crippen LogP contribution in [-0.2, 0) is 11.8 Å². The van der Waals surface area contributed by atoms with E-state index in [1.54, 1.807) is 24.4 Å². The molecule has 1 amide bonds. The van der Waals surface area contributed by atoms with Gasteiger partial charge in [0.1, 0.15) is 5.52 Å². The second kappa shape index (κ2) is 5.33. The first kappa shape index (κ1) is 12.7. The number of rotatable bonds is 4. The molecule has 0 saturated heterocycles. The Morgan fingerprint density at radius 2 is 2.35 bits per heavy atom. The third kappa shape index (κ3) is 2.50. The number of aromatic nitrogens is 4. The summed E-state index contributed by atoms with van der Waals surface area (Å²) in [5.41, 5.74) is 1.75. The van der Waals surface area contributed by atoms with Crippen LogP contribution in [0.15, 0.2) is 40.4 Å². The number of nitrogens with one attached hydrogen (secondary N) is 1. The average molecular weight is 289 g/mol. The van der Waals surface area contributed by atoms with Gasteiger partial charge in [-0.2, -0.15) is 0 Å². The summed E-state index contributed by atoms with van der Waals surface area (Å²) in [6.45, 7) is 0. The summed E-state index contributed by atoms with van der Waals surface area (Å²) >= 11 is 1.37. The van der Waals surface area contributed by atoms with Crippen LogP contribution in [0.4, 0.5) is 5.69 Å². The van der Waals surface area contributed by atoms with Crippen molar-refractivity contribution in [2.75, 3.05) is 11.1 Å². The van der Waals surface area contributed by atoms with Gasteiger partial charge in [0, 0.05) is 19.4 Å². The zero-order valence-corrected chi connectivity index (χ0v) is 11.4. The van der Waals surface area contributed by atoms with E-state index >= 15 is 0 Å². The van der Waals surface area contributed by atoms with Gasteiger partial charge in [0.25, 0.3) is 0 Å². The number of anilines is 1. The summed E-state index contributed by atoms with van der Waals surface area (Å²) in [5, 5.41) is 11.1. The van der Waals surface area contributed by atoms with Gasteiger partial charge in [0.15, 0.2) is 10.7 Å². The normalized spacial score (nSPS) is 10.8. The van der Waals surface area contributed by atoms with Crippen molar-refractivity contribution in [1.82, 2.24) is 19.9 Å². The van der Waals surface area contributed by atoms with Crippen LogP contribution in [0.1, 0.15) is 0 Å². The molecule has 0 radical (unpaired) electrons. The molecule has 3 rings (SSSR count). The lowest BCUT2D eigenvalue weighted by Gasteiger charge is -2.04. The molecule has 7 nitrogen and oxygen atoms in total. The molecule has 0 aliphatic carbocycles. The number of carbonyl (C=O) groups is 1. The monoisotopic (exact) mass is 289 g/mol. The first-order chi connectivity index (χ1) is 9.74. The molecule has 1 N–H and O–H groups in total. The lowest BCUT2D eigenvalue weighted by Crippen LogP contribution is -2.14. The third-order valence-corrected chi connectivity index (χ3v) is 3.73. The van der Waals surface area contributed by atoms with E-state index in [0.29, 0.717) is 16.7 Å². The molecule has 0 aliphatic rings. The molecule has 8 heteroatoms. The highest BCUT2D eigenvalue weighted by Crippen LogP contribution is 2.20. The van der Waals surface area contributed by atoms with Crippen molar-refractivity contribution in [2.45, 2.75) is 5.16 Å². The first-order valence-electron chi connectivity index (χ1n) is 5.85. The Bertz CT molecular complexity index is 751. The van der Waals surface area contributed by atoms with Crippen LogP contribution in [0.25, 0.3) is 11.0 Å². The van der Waals surface area contributed by atoms with Crippen molar-refractivity contribution in [3.63, 3.8) is 0 Å². The molecule has 0 unspecified atom stereocenters. The van der Waals surface area contributed by atoms with Gasteiger partial charge < -0.3 is 9.88 Å². The molecular weight excluding hydrogens is 278 g/mol. The van der Waals surface area contributed by atoms with E-state index in [1.807, 2.05) is 17.8 Å². The average Bonchev–Trinajstić information content (AvgIpc) is 3.06. The summed E-state index contributed by atoms with van der Waals surface area (Å²) < 4.78 is 6.51. The van der Waals surface area contributed by atoms with E-state index < -0.39 is 0 Å². The minimum atomic E-state index is -0.131. The van der Waals surface area contributed by atoms with Gasteiger partial charge in [0.2, 0.25) is 5.91 Å². The number of thioether (sulfide) groups is 1. The predicted octanol–water partition coefficient (Wildman–Crippen LogP) is 1.69. The smallest absolute Gasteiger partial charge is 0.234 e. The van der Waals surface area contributed by atoms with E-state index in [4.69, 9.17) is 0 Å². The maximum Gasteiger partial charge on any atom is 0.234 e. The number of amides is 1. The number of hydrogen-bond donors (Lipinski definition) is 1. The van der Waals surface area contributed by atoms with E-state index in [9.17, 15) is 4.79 Å². The number of aryl methyl sites for hydroxylation is 1. The van der Waals surface area contributed by atoms with Gasteiger partial charge in [-0.1, -0.05) is 17.8 Å². The number of fused-ring (bicyclic) bond motifs is 1. The fraction of sp³-hybridized carbons (Fsp3) is 0.167. The van der Waals surface area contributed by atoms with Crippen LogP contribution in [-0.4, -0.2) is 31.5 Å². The summed E-state index contributed by atoms with van der Waals surface area (Å²) in [5.74, 6) is 0.139. The molecule has 2 aromatic heterocycles. The van der Waals surface area contributed by atoms with Gasteiger partial charge >= 0.3 is 0 Å². The van der Waals surface area contributed by atoms with Crippen molar-refractivity contribution in [3.05, 3.63) is 30.6 Å². The molecule has 0 aliphatic heterocycles. The van der Waals surface area contributed by atoms with Gasteiger partial charge in [-0.25, -0.2) is 9.61 Å². The maximum absolute atomic E-state index is 11.9. The zero-order valence-electron chi connectivity index (χ0n) is 10.6. The number of benzene rings is 1. The Morgan fingerprint density at radius 1 is 1.45 bits per heavy atom. The maximum atomic E-state index is 11.9. The Labute approximate surface area is 118 Å². The standard InChI is InChI=1S/C12H11N5O2S/c1-17-6-5-13-12(17)20-7-10(18)14-8-3-2-4-9-11(8)16-19-15-9/h2-6H,7H2,1H3,(H,14,18). The molecule has 3 aromatic rings. The molecule has 0 atom stereocenters. The fourth-order valence-electron chi connectivity index (χ4n) is 1.71. The van der Waals surface area contributed by atoms with Gasteiger partial charge in [0.05, 0.1) is 11.4 Å². The van der Waals surface area contributed by atoms with E-state index in [2.05, 4.69) is 25.2 Å². The van der Waals surface area contributed by atoms with Crippen LogP contribution in [0.2, 0.25) is 0 Å². The Morgan fingerprint density at radius 3 is 3.15 bits per heavy atom. The minimum Gasteiger partial charge on any atom is -0.329 e.